The van der Waals surface area contributed by atoms with Crippen LogP contribution < -0.4 is 20.3 Å². The molecule has 0 bridgehead atoms. The fraction of sp³-hybridized carbons (Fsp3) is 0.192. The Morgan fingerprint density at radius 1 is 1.03 bits per heavy atom. The van der Waals surface area contributed by atoms with E-state index in [1.807, 2.05) is 48.5 Å². The minimum absolute atomic E-state index is 0.384. The van der Waals surface area contributed by atoms with E-state index in [1.54, 1.807) is 7.11 Å². The van der Waals surface area contributed by atoms with E-state index in [4.69, 9.17) is 21.4 Å². The highest BCUT2D eigenvalue weighted by atomic mass is 32.1. The van der Waals surface area contributed by atoms with E-state index in [0.717, 1.165) is 42.4 Å². The first kappa shape index (κ1) is 21.9. The quantitative estimate of drug-likeness (QED) is 0.389. The molecule has 0 atom stereocenters. The van der Waals surface area contributed by atoms with Crippen molar-refractivity contribution in [2.24, 2.45) is 0 Å². The molecule has 8 heteroatoms. The highest BCUT2D eigenvalue weighted by Crippen LogP contribution is 2.26. The minimum Gasteiger partial charge on any atom is -0.481 e. The summed E-state index contributed by atoms with van der Waals surface area (Å²) >= 11 is 5.47. The molecule has 2 aromatic heterocycles. The van der Waals surface area contributed by atoms with Gasteiger partial charge in [0.05, 0.1) is 13.7 Å². The second kappa shape index (κ2) is 9.93. The van der Waals surface area contributed by atoms with E-state index in [0.29, 0.717) is 23.5 Å². The molecule has 2 aromatic carbocycles. The lowest BCUT2D eigenvalue weighted by atomic mass is 10.00. The number of rotatable bonds is 6. The standard InChI is InChI=1S/C26H25N5O2S/c1-32-24-15-23(31-14-13-18-7-5-6-10-20(18)17-31)28-25(29-24)30-26(34)27-16-21-11-12-22(33-21)19-8-3-2-4-9-19/h2-12,15H,13-14,16-17H2,1H3,(H2,27,28,29,30,34). The second-order valence-corrected chi connectivity index (χ2v) is 8.38. The number of anilines is 2. The molecule has 0 spiro atoms. The van der Waals surface area contributed by atoms with Crippen LogP contribution in [0.3, 0.4) is 0 Å². The lowest BCUT2D eigenvalue weighted by Gasteiger charge is -2.30. The number of hydrogen-bond donors (Lipinski definition) is 2. The van der Waals surface area contributed by atoms with Crippen LogP contribution in [-0.2, 0) is 19.5 Å². The number of hydrogen-bond acceptors (Lipinski definition) is 6. The zero-order chi connectivity index (χ0) is 23.3. The van der Waals surface area contributed by atoms with Crippen LogP contribution in [-0.4, -0.2) is 28.7 Å². The van der Waals surface area contributed by atoms with Gasteiger partial charge in [-0.05, 0) is 41.9 Å². The van der Waals surface area contributed by atoms with E-state index < -0.39 is 0 Å². The van der Waals surface area contributed by atoms with Crippen LogP contribution in [0.15, 0.2) is 77.2 Å². The summed E-state index contributed by atoms with van der Waals surface area (Å²) in [5, 5.41) is 6.63. The summed E-state index contributed by atoms with van der Waals surface area (Å²) in [5.74, 6) is 3.26. The molecule has 0 aliphatic carbocycles. The normalized spacial score (nSPS) is 12.7. The van der Waals surface area contributed by atoms with E-state index in [-0.39, 0.29) is 0 Å². The number of nitrogens with zero attached hydrogens (tertiary/aromatic N) is 3. The number of fused-ring (bicyclic) bond motifs is 1. The van der Waals surface area contributed by atoms with Crippen molar-refractivity contribution in [3.63, 3.8) is 0 Å². The lowest BCUT2D eigenvalue weighted by molar-refractivity contribution is 0.397. The zero-order valence-corrected chi connectivity index (χ0v) is 19.6. The van der Waals surface area contributed by atoms with Crippen molar-refractivity contribution >= 4 is 29.1 Å². The largest absolute Gasteiger partial charge is 0.481 e. The molecule has 0 amide bonds. The van der Waals surface area contributed by atoms with Gasteiger partial charge in [-0.25, -0.2) is 0 Å². The average Bonchev–Trinajstić information content (AvgIpc) is 3.37. The summed E-state index contributed by atoms with van der Waals surface area (Å²) in [4.78, 5) is 11.3. The number of benzene rings is 2. The number of methoxy groups -OCH3 is 1. The zero-order valence-electron chi connectivity index (χ0n) is 18.8. The third-order valence-corrected chi connectivity index (χ3v) is 5.97. The van der Waals surface area contributed by atoms with Gasteiger partial charge < -0.3 is 24.7 Å². The number of ether oxygens (including phenoxy) is 1. The monoisotopic (exact) mass is 471 g/mol. The fourth-order valence-corrected chi connectivity index (χ4v) is 4.13. The van der Waals surface area contributed by atoms with Crippen LogP contribution in [0.5, 0.6) is 5.88 Å². The maximum absolute atomic E-state index is 5.93. The Morgan fingerprint density at radius 3 is 2.65 bits per heavy atom. The Morgan fingerprint density at radius 2 is 1.82 bits per heavy atom. The first-order valence-corrected chi connectivity index (χ1v) is 11.5. The van der Waals surface area contributed by atoms with Gasteiger partial charge in [0, 0.05) is 24.7 Å². The van der Waals surface area contributed by atoms with Crippen molar-refractivity contribution in [3.8, 4) is 17.2 Å². The molecule has 4 aromatic rings. The van der Waals surface area contributed by atoms with Crippen LogP contribution in [0.2, 0.25) is 0 Å². The maximum Gasteiger partial charge on any atom is 0.234 e. The van der Waals surface area contributed by atoms with Crippen LogP contribution in [0.1, 0.15) is 16.9 Å². The molecule has 0 unspecified atom stereocenters. The van der Waals surface area contributed by atoms with Gasteiger partial charge in [-0.3, -0.25) is 0 Å². The molecule has 7 nitrogen and oxygen atoms in total. The van der Waals surface area contributed by atoms with Gasteiger partial charge in [0.1, 0.15) is 17.3 Å². The molecule has 172 valence electrons. The molecule has 0 saturated carbocycles. The van der Waals surface area contributed by atoms with Crippen molar-refractivity contribution in [3.05, 3.63) is 89.7 Å². The summed E-state index contributed by atoms with van der Waals surface area (Å²) < 4.78 is 11.3. The van der Waals surface area contributed by atoms with Gasteiger partial charge in [0.25, 0.3) is 0 Å². The molecule has 34 heavy (non-hydrogen) atoms. The predicted molar refractivity (Wildman–Crippen MR) is 137 cm³/mol. The van der Waals surface area contributed by atoms with Gasteiger partial charge in [0.15, 0.2) is 5.11 Å². The van der Waals surface area contributed by atoms with Gasteiger partial charge in [-0.2, -0.15) is 9.97 Å². The number of thiocarbonyl (C=S) groups is 1. The highest BCUT2D eigenvalue weighted by molar-refractivity contribution is 7.80. The van der Waals surface area contributed by atoms with Crippen LogP contribution in [0, 0.1) is 0 Å². The first-order valence-electron chi connectivity index (χ1n) is 11.1. The summed E-state index contributed by atoms with van der Waals surface area (Å²) in [7, 11) is 1.60. The Labute approximate surface area is 203 Å². The fourth-order valence-electron chi connectivity index (χ4n) is 3.97. The van der Waals surface area contributed by atoms with E-state index in [1.165, 1.54) is 11.1 Å². The minimum atomic E-state index is 0.384. The molecule has 5 rings (SSSR count). The summed E-state index contributed by atoms with van der Waals surface area (Å²) in [6.07, 6.45) is 0.972. The molecule has 0 fully saturated rings. The number of nitrogens with one attached hydrogen (secondary N) is 2. The molecular formula is C26H25N5O2S. The Balaban J connectivity index is 1.24. The van der Waals surface area contributed by atoms with E-state index in [2.05, 4.69) is 49.8 Å². The van der Waals surface area contributed by atoms with Crippen molar-refractivity contribution in [1.82, 2.24) is 15.3 Å². The van der Waals surface area contributed by atoms with E-state index >= 15 is 0 Å². The van der Waals surface area contributed by atoms with Crippen molar-refractivity contribution in [2.75, 3.05) is 23.9 Å². The molecular weight excluding hydrogens is 446 g/mol. The molecule has 2 N–H and O–H groups in total. The maximum atomic E-state index is 5.93. The third-order valence-electron chi connectivity index (χ3n) is 5.72. The van der Waals surface area contributed by atoms with Crippen LogP contribution in [0.25, 0.3) is 11.3 Å². The predicted octanol–water partition coefficient (Wildman–Crippen LogP) is 4.79. The summed E-state index contributed by atoms with van der Waals surface area (Å²) in [6, 6.07) is 24.2. The SMILES string of the molecule is COc1cc(N2CCc3ccccc3C2)nc(NC(=S)NCc2ccc(-c3ccccc3)o2)n1. The highest BCUT2D eigenvalue weighted by Gasteiger charge is 2.19. The van der Waals surface area contributed by atoms with Gasteiger partial charge in [0.2, 0.25) is 11.8 Å². The Hall–Kier alpha value is -3.91. The van der Waals surface area contributed by atoms with Crippen molar-refractivity contribution in [2.45, 2.75) is 19.5 Å². The van der Waals surface area contributed by atoms with Crippen LogP contribution >= 0.6 is 12.2 Å². The second-order valence-electron chi connectivity index (χ2n) is 7.97. The van der Waals surface area contributed by atoms with Gasteiger partial charge in [-0.1, -0.05) is 54.6 Å². The third kappa shape index (κ3) is 5.02. The van der Waals surface area contributed by atoms with Gasteiger partial charge in [-0.15, -0.1) is 0 Å². The topological polar surface area (TPSA) is 75.5 Å². The van der Waals surface area contributed by atoms with Gasteiger partial charge >= 0.3 is 0 Å². The summed E-state index contributed by atoms with van der Waals surface area (Å²) in [5.41, 5.74) is 3.73. The summed E-state index contributed by atoms with van der Waals surface area (Å²) in [6.45, 7) is 2.11. The molecule has 0 radical (unpaired) electrons. The molecule has 3 heterocycles. The van der Waals surface area contributed by atoms with Crippen molar-refractivity contribution in [1.29, 1.82) is 0 Å². The average molecular weight is 472 g/mol. The number of furan rings is 1. The molecule has 1 aliphatic rings. The molecule has 1 aliphatic heterocycles. The Bertz CT molecular complexity index is 1290. The van der Waals surface area contributed by atoms with Crippen LogP contribution in [0.4, 0.5) is 11.8 Å². The molecule has 0 saturated heterocycles. The number of aromatic nitrogens is 2. The van der Waals surface area contributed by atoms with Crippen molar-refractivity contribution < 1.29 is 9.15 Å². The smallest absolute Gasteiger partial charge is 0.234 e. The first-order chi connectivity index (χ1) is 16.7. The Kier molecular flexibility index (Phi) is 6.40. The van der Waals surface area contributed by atoms with E-state index in [9.17, 15) is 0 Å². The lowest BCUT2D eigenvalue weighted by Crippen LogP contribution is -2.32.